The highest BCUT2D eigenvalue weighted by Gasteiger charge is 2.16. The molecule has 1 amide bonds. The van der Waals surface area contributed by atoms with Crippen molar-refractivity contribution in [2.75, 3.05) is 5.32 Å². The zero-order valence-corrected chi connectivity index (χ0v) is 16.3. The Morgan fingerprint density at radius 3 is 2.64 bits per heavy atom. The Kier molecular flexibility index (Phi) is 4.90. The molecule has 0 radical (unpaired) electrons. The number of carbonyl (C=O) groups is 1. The minimum atomic E-state index is 0.0793. The topological polar surface area (TPSA) is 59.8 Å². The molecule has 3 rings (SSSR count). The lowest BCUT2D eigenvalue weighted by atomic mass is 10.1. The maximum atomic E-state index is 12.1. The van der Waals surface area contributed by atoms with Crippen molar-refractivity contribution < 1.29 is 4.79 Å². The van der Waals surface area contributed by atoms with Crippen LogP contribution in [0, 0.1) is 27.7 Å². The van der Waals surface area contributed by atoms with Crippen molar-refractivity contribution >= 4 is 33.1 Å². The number of fused-ring (bicyclic) bond motifs is 1. The summed E-state index contributed by atoms with van der Waals surface area (Å²) in [6.45, 7) is 10.2. The smallest absolute Gasteiger partial charge is 0.224 e. The zero-order valence-electron chi connectivity index (χ0n) is 15.4. The first-order valence-corrected chi connectivity index (χ1v) is 9.46. The van der Waals surface area contributed by atoms with Crippen molar-refractivity contribution in [2.24, 2.45) is 0 Å². The number of unbranched alkanes of at least 4 members (excludes halogenated alkanes) is 1. The summed E-state index contributed by atoms with van der Waals surface area (Å²) < 4.78 is 2.98. The average Bonchev–Trinajstić information content (AvgIpc) is 3.12. The van der Waals surface area contributed by atoms with Gasteiger partial charge in [-0.05, 0) is 57.4 Å². The molecule has 2 aromatic heterocycles. The van der Waals surface area contributed by atoms with Crippen LogP contribution in [-0.4, -0.2) is 20.7 Å². The van der Waals surface area contributed by atoms with E-state index < -0.39 is 0 Å². The second-order valence-corrected chi connectivity index (χ2v) is 7.51. The maximum Gasteiger partial charge on any atom is 0.224 e. The third-order valence-electron chi connectivity index (χ3n) is 4.32. The van der Waals surface area contributed by atoms with Gasteiger partial charge in [0.1, 0.15) is 0 Å². The van der Waals surface area contributed by atoms with Crippen molar-refractivity contribution in [3.63, 3.8) is 0 Å². The Labute approximate surface area is 152 Å². The monoisotopic (exact) mass is 356 g/mol. The maximum absolute atomic E-state index is 12.1. The number of nitrogens with zero attached hydrogens (tertiary/aromatic N) is 3. The number of aryl methyl sites for hydroxylation is 4. The molecule has 0 fully saturated rings. The molecule has 1 N–H and O–H groups in total. The van der Waals surface area contributed by atoms with Gasteiger partial charge in [-0.25, -0.2) is 9.67 Å². The van der Waals surface area contributed by atoms with E-state index in [4.69, 9.17) is 4.98 Å². The van der Waals surface area contributed by atoms with Crippen LogP contribution in [0.25, 0.3) is 15.3 Å². The number of thiazole rings is 1. The van der Waals surface area contributed by atoms with Crippen LogP contribution < -0.4 is 5.32 Å². The molecule has 5 nitrogen and oxygen atoms in total. The molecule has 3 aromatic rings. The number of carbonyl (C=O) groups excluding carboxylic acids is 1. The Morgan fingerprint density at radius 1 is 1.24 bits per heavy atom. The quantitative estimate of drug-likeness (QED) is 0.711. The highest BCUT2D eigenvalue weighted by Crippen LogP contribution is 2.34. The summed E-state index contributed by atoms with van der Waals surface area (Å²) in [5.74, 6) is 0.0793. The van der Waals surface area contributed by atoms with Crippen LogP contribution in [0.3, 0.4) is 0 Å². The molecular weight excluding hydrogens is 332 g/mol. The van der Waals surface area contributed by atoms with Gasteiger partial charge >= 0.3 is 0 Å². The van der Waals surface area contributed by atoms with Crippen LogP contribution >= 0.6 is 11.3 Å². The number of amides is 1. The second kappa shape index (κ2) is 6.96. The summed E-state index contributed by atoms with van der Waals surface area (Å²) in [7, 11) is 0. The Morgan fingerprint density at radius 2 is 2.00 bits per heavy atom. The highest BCUT2D eigenvalue weighted by molar-refractivity contribution is 7.21. The van der Waals surface area contributed by atoms with Crippen molar-refractivity contribution in [2.45, 2.75) is 53.9 Å². The van der Waals surface area contributed by atoms with E-state index in [0.29, 0.717) is 6.42 Å². The molecule has 2 heterocycles. The number of hydrogen-bond donors (Lipinski definition) is 1. The average molecular weight is 356 g/mol. The van der Waals surface area contributed by atoms with Crippen LogP contribution in [0.15, 0.2) is 12.1 Å². The van der Waals surface area contributed by atoms with E-state index >= 15 is 0 Å². The van der Waals surface area contributed by atoms with Gasteiger partial charge in [0.15, 0.2) is 0 Å². The first-order chi connectivity index (χ1) is 11.9. The van der Waals surface area contributed by atoms with Gasteiger partial charge in [-0.15, -0.1) is 0 Å². The van der Waals surface area contributed by atoms with Gasteiger partial charge in [-0.2, -0.15) is 5.10 Å². The minimum absolute atomic E-state index is 0.0793. The van der Waals surface area contributed by atoms with Crippen LogP contribution in [-0.2, 0) is 4.79 Å². The van der Waals surface area contributed by atoms with Gasteiger partial charge in [0, 0.05) is 17.8 Å². The number of nitrogens with one attached hydrogen (secondary N) is 1. The molecule has 0 saturated heterocycles. The van der Waals surface area contributed by atoms with E-state index in [1.807, 2.05) is 44.5 Å². The molecule has 0 spiro atoms. The molecule has 0 aliphatic heterocycles. The fourth-order valence-corrected chi connectivity index (χ4v) is 4.08. The fourth-order valence-electron chi connectivity index (χ4n) is 3.02. The third-order valence-corrected chi connectivity index (χ3v) is 5.48. The first-order valence-electron chi connectivity index (χ1n) is 8.65. The van der Waals surface area contributed by atoms with Gasteiger partial charge in [0.05, 0.1) is 15.9 Å². The zero-order chi connectivity index (χ0) is 18.1. The van der Waals surface area contributed by atoms with E-state index in [1.165, 1.54) is 0 Å². The van der Waals surface area contributed by atoms with Gasteiger partial charge in [0.2, 0.25) is 11.0 Å². The summed E-state index contributed by atoms with van der Waals surface area (Å²) in [6, 6.07) is 4.09. The van der Waals surface area contributed by atoms with Crippen molar-refractivity contribution in [1.29, 1.82) is 0 Å². The molecule has 0 saturated carbocycles. The van der Waals surface area contributed by atoms with Gasteiger partial charge < -0.3 is 5.32 Å². The van der Waals surface area contributed by atoms with E-state index in [-0.39, 0.29) is 5.91 Å². The Bertz CT molecular complexity index is 939. The molecule has 0 bridgehead atoms. The van der Waals surface area contributed by atoms with Crippen LogP contribution in [0.2, 0.25) is 0 Å². The third kappa shape index (κ3) is 3.44. The highest BCUT2D eigenvalue weighted by atomic mass is 32.1. The van der Waals surface area contributed by atoms with E-state index in [2.05, 4.69) is 17.3 Å². The van der Waals surface area contributed by atoms with Crippen LogP contribution in [0.4, 0.5) is 5.69 Å². The molecule has 0 aliphatic rings. The molecule has 1 aromatic carbocycles. The summed E-state index contributed by atoms with van der Waals surface area (Å²) in [6.07, 6.45) is 2.49. The van der Waals surface area contributed by atoms with E-state index in [9.17, 15) is 4.79 Å². The second-order valence-electron chi connectivity index (χ2n) is 6.53. The molecule has 25 heavy (non-hydrogen) atoms. The van der Waals surface area contributed by atoms with E-state index in [0.717, 1.165) is 56.4 Å². The van der Waals surface area contributed by atoms with Crippen molar-refractivity contribution in [3.05, 3.63) is 34.6 Å². The van der Waals surface area contributed by atoms with Crippen molar-refractivity contribution in [1.82, 2.24) is 14.8 Å². The van der Waals surface area contributed by atoms with Crippen molar-refractivity contribution in [3.8, 4) is 5.13 Å². The molecule has 0 unspecified atom stereocenters. The SMILES string of the molecule is CCCCC(=O)Nc1c(C)cc2nc(-n3nc(C)cc3C)sc2c1C. The lowest BCUT2D eigenvalue weighted by molar-refractivity contribution is -0.116. The first kappa shape index (κ1) is 17.6. The standard InChI is InChI=1S/C19H24N4OS/c1-6-7-8-16(24)21-17-11(2)9-15-18(14(17)5)25-19(20-15)23-13(4)10-12(3)22-23/h9-10H,6-8H2,1-5H3,(H,21,24). The summed E-state index contributed by atoms with van der Waals surface area (Å²) >= 11 is 1.61. The van der Waals surface area contributed by atoms with Gasteiger partial charge in [-0.1, -0.05) is 24.7 Å². The Hall–Kier alpha value is -2.21. The van der Waals surface area contributed by atoms with E-state index in [1.54, 1.807) is 11.3 Å². The molecule has 0 aliphatic carbocycles. The number of hydrogen-bond acceptors (Lipinski definition) is 4. The molecule has 6 heteroatoms. The van der Waals surface area contributed by atoms with Gasteiger partial charge in [-0.3, -0.25) is 4.79 Å². The van der Waals surface area contributed by atoms with Gasteiger partial charge in [0.25, 0.3) is 0 Å². The Balaban J connectivity index is 2.01. The fraction of sp³-hybridized carbons (Fsp3) is 0.421. The number of benzene rings is 1. The minimum Gasteiger partial charge on any atom is -0.326 e. The summed E-state index contributed by atoms with van der Waals surface area (Å²) in [5, 5.41) is 8.47. The largest absolute Gasteiger partial charge is 0.326 e. The number of rotatable bonds is 5. The summed E-state index contributed by atoms with van der Waals surface area (Å²) in [4.78, 5) is 16.9. The molecular formula is C19H24N4OS. The summed E-state index contributed by atoms with van der Waals surface area (Å²) in [5.41, 5.74) is 6.03. The molecule has 132 valence electrons. The normalized spacial score (nSPS) is 11.2. The lowest BCUT2D eigenvalue weighted by Gasteiger charge is -2.12. The predicted molar refractivity (Wildman–Crippen MR) is 104 cm³/mol. The van der Waals surface area contributed by atoms with Crippen LogP contribution in [0.5, 0.6) is 0 Å². The van der Waals surface area contributed by atoms with Crippen LogP contribution in [0.1, 0.15) is 48.7 Å². The number of anilines is 1. The lowest BCUT2D eigenvalue weighted by Crippen LogP contribution is -2.13. The number of aromatic nitrogens is 3. The predicted octanol–water partition coefficient (Wildman–Crippen LogP) is 4.84. The molecule has 0 atom stereocenters.